The van der Waals surface area contributed by atoms with Gasteiger partial charge in [-0.25, -0.2) is 0 Å². The van der Waals surface area contributed by atoms with E-state index in [1.54, 1.807) is 0 Å². The van der Waals surface area contributed by atoms with Crippen molar-refractivity contribution in [3.05, 3.63) is 0 Å². The number of fused-ring (bicyclic) bond motifs is 1. The summed E-state index contributed by atoms with van der Waals surface area (Å²) in [4.78, 5) is 2.56. The molecule has 3 fully saturated rings. The highest BCUT2D eigenvalue weighted by Gasteiger charge is 2.64. The second-order valence-electron chi connectivity index (χ2n) is 2.77. The molecule has 0 aromatic rings. The third kappa shape index (κ3) is 0.173. The molecule has 0 saturated carbocycles. The predicted molar refractivity (Wildman–Crippen MR) is 26.1 cm³/mol. The Balaban J connectivity index is 2.07. The summed E-state index contributed by atoms with van der Waals surface area (Å²) in [7, 11) is 0. The summed E-state index contributed by atoms with van der Waals surface area (Å²) in [6, 6.07) is 2.88. The van der Waals surface area contributed by atoms with Gasteiger partial charge in [-0.3, -0.25) is 4.90 Å². The fourth-order valence-corrected chi connectivity index (χ4v) is 2.00. The summed E-state index contributed by atoms with van der Waals surface area (Å²) >= 11 is 0. The largest absolute Gasteiger partial charge is 0.310 e. The summed E-state index contributed by atoms with van der Waals surface area (Å²) in [6.07, 6.45) is 0. The average molecular weight is 96.1 g/mol. The normalized spacial score (nSPS) is 72.0. The van der Waals surface area contributed by atoms with Crippen LogP contribution in [-0.2, 0) is 0 Å². The second kappa shape index (κ2) is 0.644. The van der Waals surface area contributed by atoms with Crippen LogP contribution in [0.4, 0.5) is 0 Å². The fourth-order valence-electron chi connectivity index (χ4n) is 2.00. The molecule has 0 aromatic heterocycles. The SMILES string of the molecule is C1NC2CN3[C@H]1[C@@H]23. The van der Waals surface area contributed by atoms with E-state index in [0.717, 1.165) is 18.1 Å². The molecule has 2 unspecified atom stereocenters. The first-order valence-electron chi connectivity index (χ1n) is 2.96. The van der Waals surface area contributed by atoms with Crippen molar-refractivity contribution in [1.29, 1.82) is 0 Å². The number of nitrogens with one attached hydrogen (secondary N) is 1. The Labute approximate surface area is 42.5 Å². The Bertz CT molecular complexity index is 110. The summed E-state index contributed by atoms with van der Waals surface area (Å²) < 4.78 is 0. The van der Waals surface area contributed by atoms with Crippen molar-refractivity contribution in [2.24, 2.45) is 0 Å². The molecule has 3 aliphatic rings. The van der Waals surface area contributed by atoms with E-state index >= 15 is 0 Å². The molecule has 38 valence electrons. The Morgan fingerprint density at radius 3 is 2.71 bits per heavy atom. The second-order valence-corrected chi connectivity index (χ2v) is 2.77. The molecule has 0 radical (unpaired) electrons. The van der Waals surface area contributed by atoms with Crippen LogP contribution in [0.5, 0.6) is 0 Å². The van der Waals surface area contributed by atoms with Crippen molar-refractivity contribution >= 4 is 0 Å². The van der Waals surface area contributed by atoms with Crippen molar-refractivity contribution in [2.45, 2.75) is 18.1 Å². The topological polar surface area (TPSA) is 15.0 Å². The van der Waals surface area contributed by atoms with Gasteiger partial charge in [-0.15, -0.1) is 0 Å². The minimum absolute atomic E-state index is 0.907. The Kier molecular flexibility index (Phi) is 0.280. The molecule has 0 aliphatic carbocycles. The van der Waals surface area contributed by atoms with Crippen LogP contribution in [0.1, 0.15) is 0 Å². The van der Waals surface area contributed by atoms with Crippen molar-refractivity contribution in [3.8, 4) is 0 Å². The Morgan fingerprint density at radius 2 is 2.57 bits per heavy atom. The van der Waals surface area contributed by atoms with Gasteiger partial charge in [-0.1, -0.05) is 0 Å². The fraction of sp³-hybridized carbons (Fsp3) is 1.00. The van der Waals surface area contributed by atoms with Crippen LogP contribution >= 0.6 is 0 Å². The van der Waals surface area contributed by atoms with Crippen molar-refractivity contribution in [1.82, 2.24) is 10.2 Å². The lowest BCUT2D eigenvalue weighted by atomic mass is 10.2. The summed E-state index contributed by atoms with van der Waals surface area (Å²) in [5.74, 6) is 0. The van der Waals surface area contributed by atoms with Crippen LogP contribution in [0.15, 0.2) is 0 Å². The minimum Gasteiger partial charge on any atom is -0.310 e. The van der Waals surface area contributed by atoms with E-state index in [-0.39, 0.29) is 0 Å². The van der Waals surface area contributed by atoms with Gasteiger partial charge in [0.05, 0.1) is 0 Å². The zero-order valence-electron chi connectivity index (χ0n) is 4.09. The van der Waals surface area contributed by atoms with Gasteiger partial charge in [0, 0.05) is 31.2 Å². The van der Waals surface area contributed by atoms with Crippen molar-refractivity contribution in [3.63, 3.8) is 0 Å². The van der Waals surface area contributed by atoms with E-state index in [2.05, 4.69) is 10.2 Å². The lowest BCUT2D eigenvalue weighted by Gasteiger charge is -2.27. The highest BCUT2D eigenvalue weighted by molar-refractivity contribution is 5.24. The van der Waals surface area contributed by atoms with Crippen LogP contribution in [0.3, 0.4) is 0 Å². The molecule has 4 atom stereocenters. The van der Waals surface area contributed by atoms with Crippen LogP contribution in [0, 0.1) is 0 Å². The van der Waals surface area contributed by atoms with Crippen LogP contribution in [0.2, 0.25) is 0 Å². The molecule has 3 aliphatic heterocycles. The first-order chi connectivity index (χ1) is 3.47. The maximum atomic E-state index is 3.44. The number of piperazine rings is 2. The van der Waals surface area contributed by atoms with E-state index in [9.17, 15) is 0 Å². The van der Waals surface area contributed by atoms with Crippen LogP contribution in [-0.4, -0.2) is 36.1 Å². The Hall–Kier alpha value is -0.0800. The van der Waals surface area contributed by atoms with Crippen LogP contribution < -0.4 is 5.32 Å². The van der Waals surface area contributed by atoms with Gasteiger partial charge in [-0.05, 0) is 0 Å². The molecule has 2 nitrogen and oxygen atoms in total. The van der Waals surface area contributed by atoms with E-state index < -0.39 is 0 Å². The minimum atomic E-state index is 0.907. The van der Waals surface area contributed by atoms with Gasteiger partial charge in [0.2, 0.25) is 0 Å². The maximum absolute atomic E-state index is 3.44. The molecule has 2 heteroatoms. The predicted octanol–water partition coefficient (Wildman–Crippen LogP) is -0.975. The summed E-state index contributed by atoms with van der Waals surface area (Å²) in [6.45, 7) is 2.62. The molecular formula is C5H8N2. The van der Waals surface area contributed by atoms with Crippen molar-refractivity contribution < 1.29 is 0 Å². The zero-order chi connectivity index (χ0) is 4.43. The monoisotopic (exact) mass is 96.1 g/mol. The van der Waals surface area contributed by atoms with Gasteiger partial charge in [0.15, 0.2) is 0 Å². The molecule has 3 saturated heterocycles. The third-order valence-electron chi connectivity index (χ3n) is 2.52. The van der Waals surface area contributed by atoms with E-state index in [1.807, 2.05) is 0 Å². The van der Waals surface area contributed by atoms with E-state index in [0.29, 0.717) is 0 Å². The number of nitrogens with zero attached hydrogens (tertiary/aromatic N) is 1. The van der Waals surface area contributed by atoms with Gasteiger partial charge in [0.1, 0.15) is 0 Å². The smallest absolute Gasteiger partial charge is 0.0434 e. The van der Waals surface area contributed by atoms with Gasteiger partial charge >= 0.3 is 0 Å². The lowest BCUT2D eigenvalue weighted by Crippen LogP contribution is -2.49. The molecule has 1 N–H and O–H groups in total. The first-order valence-corrected chi connectivity index (χ1v) is 2.96. The molecule has 0 amide bonds. The molecule has 3 heterocycles. The molecule has 3 rings (SSSR count). The zero-order valence-corrected chi connectivity index (χ0v) is 4.09. The Morgan fingerprint density at radius 1 is 1.57 bits per heavy atom. The maximum Gasteiger partial charge on any atom is 0.0434 e. The summed E-state index contributed by atoms with van der Waals surface area (Å²) in [5.41, 5.74) is 0. The quantitative estimate of drug-likeness (QED) is 0.390. The average Bonchev–Trinajstić information content (AvgIpc) is 2.02. The van der Waals surface area contributed by atoms with Crippen LogP contribution in [0.25, 0.3) is 0 Å². The van der Waals surface area contributed by atoms with Gasteiger partial charge in [-0.2, -0.15) is 0 Å². The number of hydrogen-bond donors (Lipinski definition) is 1. The van der Waals surface area contributed by atoms with Gasteiger partial charge in [0.25, 0.3) is 0 Å². The lowest BCUT2D eigenvalue weighted by molar-refractivity contribution is 0.252. The highest BCUT2D eigenvalue weighted by atomic mass is 15.5. The standard InChI is InChI=1S/C5H8N2/c1-4-5-3(6-1)2-7(4)5/h3-6H,1-2H2/t3?,4-,5-,7?/m1/s1. The van der Waals surface area contributed by atoms with Crippen molar-refractivity contribution in [2.75, 3.05) is 13.1 Å². The molecule has 0 aromatic carbocycles. The van der Waals surface area contributed by atoms with Gasteiger partial charge < -0.3 is 5.32 Å². The van der Waals surface area contributed by atoms with E-state index in [1.165, 1.54) is 13.1 Å². The number of hydrogen-bond acceptors (Lipinski definition) is 2. The molecule has 0 bridgehead atoms. The molecule has 0 spiro atoms. The summed E-state index contributed by atoms with van der Waals surface area (Å²) in [5, 5.41) is 3.44. The number of rotatable bonds is 0. The highest BCUT2D eigenvalue weighted by Crippen LogP contribution is 2.44. The molecule has 7 heavy (non-hydrogen) atoms. The third-order valence-corrected chi connectivity index (χ3v) is 2.52. The first kappa shape index (κ1) is 3.05. The molecular weight excluding hydrogens is 88.1 g/mol. The van der Waals surface area contributed by atoms with E-state index in [4.69, 9.17) is 0 Å².